The van der Waals surface area contributed by atoms with Crippen LogP contribution < -0.4 is 5.32 Å². The first-order valence-electron chi connectivity index (χ1n) is 6.05. The zero-order chi connectivity index (χ0) is 12.5. The summed E-state index contributed by atoms with van der Waals surface area (Å²) < 4.78 is 0. The van der Waals surface area contributed by atoms with Gasteiger partial charge in [-0.05, 0) is 33.0 Å². The Balaban J connectivity index is 1.99. The van der Waals surface area contributed by atoms with Crippen LogP contribution in [-0.2, 0) is 0 Å². The molecule has 1 amide bonds. The van der Waals surface area contributed by atoms with Gasteiger partial charge in [-0.15, -0.1) is 0 Å². The molecule has 1 heterocycles. The highest BCUT2D eigenvalue weighted by Gasteiger charge is 2.38. The van der Waals surface area contributed by atoms with Crippen LogP contribution in [0, 0.1) is 5.92 Å². The summed E-state index contributed by atoms with van der Waals surface area (Å²) in [7, 11) is 2.10. The fourth-order valence-corrected chi connectivity index (χ4v) is 2.21. The van der Waals surface area contributed by atoms with Gasteiger partial charge in [0.05, 0.1) is 0 Å². The molecule has 0 aliphatic carbocycles. The molecule has 0 aromatic heterocycles. The summed E-state index contributed by atoms with van der Waals surface area (Å²) in [6.45, 7) is 6.32. The molecule has 1 aliphatic rings. The molecule has 0 atom stereocenters. The summed E-state index contributed by atoms with van der Waals surface area (Å²) >= 11 is 0. The van der Waals surface area contributed by atoms with Gasteiger partial charge in [0.2, 0.25) is 0 Å². The quantitative estimate of drug-likeness (QED) is 0.861. The van der Waals surface area contributed by atoms with Gasteiger partial charge in [0.25, 0.3) is 5.91 Å². The van der Waals surface area contributed by atoms with Crippen molar-refractivity contribution in [3.63, 3.8) is 0 Å². The number of hydrogen-bond donors (Lipinski definition) is 1. The standard InChI is InChI=1S/C14H20N2O/c1-14(2,12-9-16(3)10-12)15-13(17)11-7-5-4-6-8-11/h4-8,12H,9-10H2,1-3H3,(H,15,17). The minimum Gasteiger partial charge on any atom is -0.347 e. The zero-order valence-electron chi connectivity index (χ0n) is 10.7. The van der Waals surface area contributed by atoms with Crippen molar-refractivity contribution in [2.24, 2.45) is 5.92 Å². The highest BCUT2D eigenvalue weighted by atomic mass is 16.1. The van der Waals surface area contributed by atoms with Crippen LogP contribution in [0.3, 0.4) is 0 Å². The normalized spacial score (nSPS) is 17.6. The van der Waals surface area contributed by atoms with E-state index in [0.29, 0.717) is 5.92 Å². The van der Waals surface area contributed by atoms with Crippen molar-refractivity contribution in [1.82, 2.24) is 10.2 Å². The maximum Gasteiger partial charge on any atom is 0.251 e. The Bertz CT molecular complexity index is 394. The average molecular weight is 232 g/mol. The van der Waals surface area contributed by atoms with Crippen LogP contribution in [0.5, 0.6) is 0 Å². The van der Waals surface area contributed by atoms with Gasteiger partial charge in [0.1, 0.15) is 0 Å². The van der Waals surface area contributed by atoms with Crippen LogP contribution in [0.2, 0.25) is 0 Å². The molecular formula is C14H20N2O. The highest BCUT2D eigenvalue weighted by Crippen LogP contribution is 2.26. The van der Waals surface area contributed by atoms with Crippen molar-refractivity contribution >= 4 is 5.91 Å². The SMILES string of the molecule is CN1CC(C(C)(C)NC(=O)c2ccccc2)C1. The first-order chi connectivity index (χ1) is 7.99. The molecule has 0 unspecified atom stereocenters. The van der Waals surface area contributed by atoms with E-state index >= 15 is 0 Å². The molecule has 2 rings (SSSR count). The number of carbonyl (C=O) groups excluding carboxylic acids is 1. The number of benzene rings is 1. The Kier molecular flexibility index (Phi) is 3.20. The number of rotatable bonds is 3. The minimum absolute atomic E-state index is 0.0187. The molecular weight excluding hydrogens is 212 g/mol. The van der Waals surface area contributed by atoms with Crippen molar-refractivity contribution < 1.29 is 4.79 Å². The number of carbonyl (C=O) groups is 1. The van der Waals surface area contributed by atoms with Gasteiger partial charge in [0, 0.05) is 30.1 Å². The van der Waals surface area contributed by atoms with E-state index in [9.17, 15) is 4.79 Å². The van der Waals surface area contributed by atoms with E-state index in [1.165, 1.54) is 0 Å². The molecule has 1 aliphatic heterocycles. The number of nitrogens with zero attached hydrogens (tertiary/aromatic N) is 1. The number of likely N-dealkylation sites (tertiary alicyclic amines) is 1. The Morgan fingerprint density at radius 2 is 1.88 bits per heavy atom. The van der Waals surface area contributed by atoms with Crippen LogP contribution in [-0.4, -0.2) is 36.5 Å². The van der Waals surface area contributed by atoms with Crippen molar-refractivity contribution in [2.45, 2.75) is 19.4 Å². The summed E-state index contributed by atoms with van der Waals surface area (Å²) in [5.74, 6) is 0.560. The topological polar surface area (TPSA) is 32.3 Å². The van der Waals surface area contributed by atoms with Crippen LogP contribution in [0.4, 0.5) is 0 Å². The van der Waals surface area contributed by atoms with E-state index in [1.54, 1.807) is 0 Å². The third kappa shape index (κ3) is 2.67. The van der Waals surface area contributed by atoms with Gasteiger partial charge in [-0.3, -0.25) is 4.79 Å². The molecule has 0 saturated carbocycles. The summed E-state index contributed by atoms with van der Waals surface area (Å²) in [4.78, 5) is 14.3. The Morgan fingerprint density at radius 3 is 2.41 bits per heavy atom. The minimum atomic E-state index is -0.139. The third-order valence-electron chi connectivity index (χ3n) is 3.56. The van der Waals surface area contributed by atoms with E-state index in [4.69, 9.17) is 0 Å². The second-order valence-electron chi connectivity index (χ2n) is 5.46. The summed E-state index contributed by atoms with van der Waals surface area (Å²) in [6.07, 6.45) is 0. The van der Waals surface area contributed by atoms with Crippen molar-refractivity contribution in [2.75, 3.05) is 20.1 Å². The van der Waals surface area contributed by atoms with Crippen molar-refractivity contribution in [3.05, 3.63) is 35.9 Å². The maximum atomic E-state index is 12.1. The van der Waals surface area contributed by atoms with Gasteiger partial charge in [-0.1, -0.05) is 18.2 Å². The lowest BCUT2D eigenvalue weighted by molar-refractivity contribution is 0.0534. The van der Waals surface area contributed by atoms with Gasteiger partial charge in [-0.25, -0.2) is 0 Å². The van der Waals surface area contributed by atoms with E-state index in [2.05, 4.69) is 31.1 Å². The average Bonchev–Trinajstić information content (AvgIpc) is 2.25. The largest absolute Gasteiger partial charge is 0.347 e. The molecule has 1 aromatic rings. The first-order valence-corrected chi connectivity index (χ1v) is 6.05. The maximum absolute atomic E-state index is 12.1. The van der Waals surface area contributed by atoms with Crippen LogP contribution in [0.25, 0.3) is 0 Å². The fourth-order valence-electron chi connectivity index (χ4n) is 2.21. The lowest BCUT2D eigenvalue weighted by atomic mass is 9.81. The predicted octanol–water partition coefficient (Wildman–Crippen LogP) is 1.76. The fraction of sp³-hybridized carbons (Fsp3) is 0.500. The summed E-state index contributed by atoms with van der Waals surface area (Å²) in [6, 6.07) is 9.39. The third-order valence-corrected chi connectivity index (χ3v) is 3.56. The molecule has 0 bridgehead atoms. The second-order valence-corrected chi connectivity index (χ2v) is 5.46. The molecule has 3 heteroatoms. The lowest BCUT2D eigenvalue weighted by Crippen LogP contribution is -2.60. The van der Waals surface area contributed by atoms with Crippen LogP contribution >= 0.6 is 0 Å². The first kappa shape index (κ1) is 12.1. The van der Waals surface area contributed by atoms with Crippen LogP contribution in [0.15, 0.2) is 30.3 Å². The Morgan fingerprint density at radius 1 is 1.29 bits per heavy atom. The van der Waals surface area contributed by atoms with E-state index in [1.807, 2.05) is 30.3 Å². The number of amides is 1. The molecule has 0 radical (unpaired) electrons. The molecule has 3 nitrogen and oxygen atoms in total. The molecule has 1 aromatic carbocycles. The second kappa shape index (κ2) is 4.49. The molecule has 1 saturated heterocycles. The molecule has 1 fully saturated rings. The van der Waals surface area contributed by atoms with E-state index < -0.39 is 0 Å². The molecule has 92 valence electrons. The van der Waals surface area contributed by atoms with E-state index in [-0.39, 0.29) is 11.4 Å². The van der Waals surface area contributed by atoms with Crippen molar-refractivity contribution in [1.29, 1.82) is 0 Å². The van der Waals surface area contributed by atoms with Crippen LogP contribution in [0.1, 0.15) is 24.2 Å². The molecule has 1 N–H and O–H groups in total. The Hall–Kier alpha value is -1.35. The van der Waals surface area contributed by atoms with Gasteiger partial charge >= 0.3 is 0 Å². The van der Waals surface area contributed by atoms with Crippen molar-refractivity contribution in [3.8, 4) is 0 Å². The summed E-state index contributed by atoms with van der Waals surface area (Å²) in [5.41, 5.74) is 0.590. The lowest BCUT2D eigenvalue weighted by Gasteiger charge is -2.46. The zero-order valence-corrected chi connectivity index (χ0v) is 10.7. The Labute approximate surface area is 103 Å². The van der Waals surface area contributed by atoms with Gasteiger partial charge in [0.15, 0.2) is 0 Å². The van der Waals surface area contributed by atoms with Gasteiger partial charge in [-0.2, -0.15) is 0 Å². The summed E-state index contributed by atoms with van der Waals surface area (Å²) in [5, 5.41) is 3.13. The number of hydrogen-bond acceptors (Lipinski definition) is 2. The smallest absolute Gasteiger partial charge is 0.251 e. The molecule has 0 spiro atoms. The van der Waals surface area contributed by atoms with E-state index in [0.717, 1.165) is 18.7 Å². The van der Waals surface area contributed by atoms with Gasteiger partial charge < -0.3 is 10.2 Å². The number of nitrogens with one attached hydrogen (secondary N) is 1. The predicted molar refractivity (Wildman–Crippen MR) is 69.0 cm³/mol. The monoisotopic (exact) mass is 232 g/mol. The highest BCUT2D eigenvalue weighted by molar-refractivity contribution is 5.94. The molecule has 17 heavy (non-hydrogen) atoms.